The van der Waals surface area contributed by atoms with Crippen molar-refractivity contribution in [2.45, 2.75) is 0 Å². The Kier molecular flexibility index (Phi) is 3.04. The fourth-order valence-electron chi connectivity index (χ4n) is 1.69. The molecule has 3 aromatic heterocycles. The SMILES string of the molecule is O=Cc1cccc(-c2ccc(-c3ccsc3)s2)n1. The first-order valence-corrected chi connectivity index (χ1v) is 7.18. The maximum atomic E-state index is 10.7. The lowest BCUT2D eigenvalue weighted by Crippen LogP contribution is -1.87. The van der Waals surface area contributed by atoms with Crippen molar-refractivity contribution >= 4 is 29.0 Å². The van der Waals surface area contributed by atoms with Gasteiger partial charge < -0.3 is 0 Å². The van der Waals surface area contributed by atoms with Gasteiger partial charge in [-0.25, -0.2) is 4.98 Å². The molecule has 0 aliphatic heterocycles. The molecule has 0 fully saturated rings. The second kappa shape index (κ2) is 4.84. The molecule has 4 heteroatoms. The number of hydrogen-bond donors (Lipinski definition) is 0. The van der Waals surface area contributed by atoms with Crippen molar-refractivity contribution in [3.05, 3.63) is 52.9 Å². The molecule has 0 saturated heterocycles. The Balaban J connectivity index is 2.00. The molecule has 3 heterocycles. The van der Waals surface area contributed by atoms with Gasteiger partial charge >= 0.3 is 0 Å². The van der Waals surface area contributed by atoms with Crippen molar-refractivity contribution in [2.75, 3.05) is 0 Å². The Morgan fingerprint density at radius 2 is 1.94 bits per heavy atom. The largest absolute Gasteiger partial charge is 0.296 e. The summed E-state index contributed by atoms with van der Waals surface area (Å²) in [6.45, 7) is 0. The maximum Gasteiger partial charge on any atom is 0.168 e. The Bertz CT molecular complexity index is 671. The van der Waals surface area contributed by atoms with Gasteiger partial charge in [0.15, 0.2) is 6.29 Å². The second-order valence-corrected chi connectivity index (χ2v) is 5.61. The summed E-state index contributed by atoms with van der Waals surface area (Å²) in [5.74, 6) is 0. The molecular formula is C14H9NOS2. The number of carbonyl (C=O) groups is 1. The van der Waals surface area contributed by atoms with Crippen LogP contribution < -0.4 is 0 Å². The Morgan fingerprint density at radius 1 is 1.06 bits per heavy atom. The van der Waals surface area contributed by atoms with E-state index in [9.17, 15) is 4.79 Å². The third kappa shape index (κ3) is 2.12. The summed E-state index contributed by atoms with van der Waals surface area (Å²) in [6.07, 6.45) is 0.775. The van der Waals surface area contributed by atoms with Crippen LogP contribution in [0.4, 0.5) is 0 Å². The van der Waals surface area contributed by atoms with Gasteiger partial charge in [0, 0.05) is 10.4 Å². The molecule has 3 rings (SSSR count). The monoisotopic (exact) mass is 271 g/mol. The minimum atomic E-state index is 0.470. The molecule has 2 nitrogen and oxygen atoms in total. The number of hydrogen-bond acceptors (Lipinski definition) is 4. The lowest BCUT2D eigenvalue weighted by atomic mass is 10.2. The van der Waals surface area contributed by atoms with Crippen LogP contribution in [0.15, 0.2) is 47.2 Å². The van der Waals surface area contributed by atoms with E-state index in [0.717, 1.165) is 16.9 Å². The normalized spacial score (nSPS) is 10.4. The molecule has 0 spiro atoms. The van der Waals surface area contributed by atoms with E-state index in [2.05, 4.69) is 33.9 Å². The van der Waals surface area contributed by atoms with Crippen LogP contribution in [0.5, 0.6) is 0 Å². The van der Waals surface area contributed by atoms with E-state index < -0.39 is 0 Å². The van der Waals surface area contributed by atoms with Crippen LogP contribution in [0, 0.1) is 0 Å². The van der Waals surface area contributed by atoms with Gasteiger partial charge in [0.25, 0.3) is 0 Å². The van der Waals surface area contributed by atoms with E-state index in [1.165, 1.54) is 10.4 Å². The average molecular weight is 271 g/mol. The number of thiophene rings is 2. The summed E-state index contributed by atoms with van der Waals surface area (Å²) < 4.78 is 0. The fourth-order valence-corrected chi connectivity index (χ4v) is 3.39. The highest BCUT2D eigenvalue weighted by Gasteiger charge is 2.06. The van der Waals surface area contributed by atoms with E-state index in [1.807, 2.05) is 12.1 Å². The number of rotatable bonds is 3. The van der Waals surface area contributed by atoms with Crippen LogP contribution in [0.2, 0.25) is 0 Å². The first kappa shape index (κ1) is 11.3. The summed E-state index contributed by atoms with van der Waals surface area (Å²) in [5, 5.41) is 4.20. The predicted octanol–water partition coefficient (Wildman–Crippen LogP) is 4.35. The van der Waals surface area contributed by atoms with Gasteiger partial charge in [-0.05, 0) is 41.1 Å². The predicted molar refractivity (Wildman–Crippen MR) is 76.3 cm³/mol. The molecule has 0 saturated carbocycles. The van der Waals surface area contributed by atoms with Crippen molar-refractivity contribution in [3.8, 4) is 21.0 Å². The maximum absolute atomic E-state index is 10.7. The zero-order valence-corrected chi connectivity index (χ0v) is 11.0. The van der Waals surface area contributed by atoms with Crippen LogP contribution in [-0.4, -0.2) is 11.3 Å². The zero-order chi connectivity index (χ0) is 12.4. The van der Waals surface area contributed by atoms with Gasteiger partial charge in [0.2, 0.25) is 0 Å². The molecule has 0 N–H and O–H groups in total. The van der Waals surface area contributed by atoms with Gasteiger partial charge in [-0.2, -0.15) is 11.3 Å². The van der Waals surface area contributed by atoms with Crippen molar-refractivity contribution < 1.29 is 4.79 Å². The topological polar surface area (TPSA) is 30.0 Å². The molecule has 0 aliphatic rings. The smallest absolute Gasteiger partial charge is 0.168 e. The molecule has 0 bridgehead atoms. The molecule has 18 heavy (non-hydrogen) atoms. The van der Waals surface area contributed by atoms with Crippen molar-refractivity contribution in [1.29, 1.82) is 0 Å². The minimum absolute atomic E-state index is 0.470. The standard InChI is InChI=1S/C14H9NOS2/c16-8-11-2-1-3-12(15-11)14-5-4-13(18-14)10-6-7-17-9-10/h1-9H. The molecule has 0 amide bonds. The summed E-state index contributed by atoms with van der Waals surface area (Å²) in [5.41, 5.74) is 2.56. The van der Waals surface area contributed by atoms with Gasteiger partial charge in [0.1, 0.15) is 5.69 Å². The van der Waals surface area contributed by atoms with Crippen molar-refractivity contribution in [2.24, 2.45) is 0 Å². The fraction of sp³-hybridized carbons (Fsp3) is 0. The van der Waals surface area contributed by atoms with Crippen molar-refractivity contribution in [3.63, 3.8) is 0 Å². The van der Waals surface area contributed by atoms with Crippen LogP contribution in [-0.2, 0) is 0 Å². The van der Waals surface area contributed by atoms with E-state index in [0.29, 0.717) is 5.69 Å². The lowest BCUT2D eigenvalue weighted by Gasteiger charge is -1.96. The molecule has 88 valence electrons. The Labute approximate surface area is 113 Å². The van der Waals surface area contributed by atoms with E-state index in [4.69, 9.17) is 0 Å². The van der Waals surface area contributed by atoms with Crippen LogP contribution >= 0.6 is 22.7 Å². The number of nitrogens with zero attached hydrogens (tertiary/aromatic N) is 1. The average Bonchev–Trinajstić information content (AvgIpc) is 3.09. The van der Waals surface area contributed by atoms with E-state index >= 15 is 0 Å². The second-order valence-electron chi connectivity index (χ2n) is 3.74. The van der Waals surface area contributed by atoms with E-state index in [-0.39, 0.29) is 0 Å². The minimum Gasteiger partial charge on any atom is -0.296 e. The number of aromatic nitrogens is 1. The van der Waals surface area contributed by atoms with Gasteiger partial charge in [0.05, 0.1) is 10.6 Å². The first-order chi connectivity index (χ1) is 8.86. The highest BCUT2D eigenvalue weighted by atomic mass is 32.1. The summed E-state index contributed by atoms with van der Waals surface area (Å²) >= 11 is 3.38. The van der Waals surface area contributed by atoms with Crippen molar-refractivity contribution in [1.82, 2.24) is 4.98 Å². The van der Waals surface area contributed by atoms with Gasteiger partial charge in [-0.3, -0.25) is 4.79 Å². The van der Waals surface area contributed by atoms with Gasteiger partial charge in [-0.15, -0.1) is 11.3 Å². The van der Waals surface area contributed by atoms with Gasteiger partial charge in [-0.1, -0.05) is 6.07 Å². The quantitative estimate of drug-likeness (QED) is 0.663. The van der Waals surface area contributed by atoms with E-state index in [1.54, 1.807) is 28.7 Å². The molecule has 0 atom stereocenters. The number of aldehydes is 1. The molecular weight excluding hydrogens is 262 g/mol. The summed E-state index contributed by atoms with van der Waals surface area (Å²) in [6, 6.07) is 11.7. The zero-order valence-electron chi connectivity index (χ0n) is 9.37. The Morgan fingerprint density at radius 3 is 2.72 bits per heavy atom. The molecule has 0 unspecified atom stereocenters. The molecule has 0 aromatic carbocycles. The third-order valence-electron chi connectivity index (χ3n) is 2.56. The number of carbonyl (C=O) groups excluding carboxylic acids is 1. The van der Waals surface area contributed by atoms with Crippen LogP contribution in [0.3, 0.4) is 0 Å². The highest BCUT2D eigenvalue weighted by Crippen LogP contribution is 2.34. The molecule has 3 aromatic rings. The number of pyridine rings is 1. The molecule has 0 aliphatic carbocycles. The molecule has 0 radical (unpaired) electrons. The Hall–Kier alpha value is -1.78. The first-order valence-electron chi connectivity index (χ1n) is 5.42. The van der Waals surface area contributed by atoms with Crippen LogP contribution in [0.1, 0.15) is 10.5 Å². The highest BCUT2D eigenvalue weighted by molar-refractivity contribution is 7.19. The third-order valence-corrected chi connectivity index (χ3v) is 4.40. The summed E-state index contributed by atoms with van der Waals surface area (Å²) in [7, 11) is 0. The summed E-state index contributed by atoms with van der Waals surface area (Å²) in [4.78, 5) is 17.3. The lowest BCUT2D eigenvalue weighted by molar-refractivity contribution is 0.111. The van der Waals surface area contributed by atoms with Crippen LogP contribution in [0.25, 0.3) is 21.0 Å².